The first-order valence-corrected chi connectivity index (χ1v) is 11.5. The zero-order chi connectivity index (χ0) is 20.8. The van der Waals surface area contributed by atoms with Crippen molar-refractivity contribution >= 4 is 34.3 Å². The Hall–Kier alpha value is -1.79. The van der Waals surface area contributed by atoms with Gasteiger partial charge in [-0.1, -0.05) is 12.8 Å². The molecule has 0 radical (unpaired) electrons. The molecule has 1 amide bonds. The summed E-state index contributed by atoms with van der Waals surface area (Å²) in [6, 6.07) is 5.77. The molecule has 3 rings (SSSR count). The number of nitrogens with one attached hydrogen (secondary N) is 1. The lowest BCUT2D eigenvalue weighted by Gasteiger charge is -2.32. The molecule has 1 aromatic heterocycles. The minimum atomic E-state index is 0.0282. The van der Waals surface area contributed by atoms with Gasteiger partial charge in [-0.25, -0.2) is 0 Å². The maximum Gasteiger partial charge on any atom is 0.224 e. The molecule has 0 aliphatic carbocycles. The molecule has 1 aliphatic rings. The van der Waals surface area contributed by atoms with E-state index in [1.807, 2.05) is 36.9 Å². The second-order valence-electron chi connectivity index (χ2n) is 7.87. The van der Waals surface area contributed by atoms with Crippen LogP contribution in [0.5, 0.6) is 5.75 Å². The fourth-order valence-electron chi connectivity index (χ4n) is 3.80. The Morgan fingerprint density at radius 2 is 2.14 bits per heavy atom. The van der Waals surface area contributed by atoms with Gasteiger partial charge in [0.15, 0.2) is 0 Å². The summed E-state index contributed by atoms with van der Waals surface area (Å²) < 4.78 is 11.3. The van der Waals surface area contributed by atoms with Crippen LogP contribution >= 0.6 is 11.8 Å². The third kappa shape index (κ3) is 5.86. The summed E-state index contributed by atoms with van der Waals surface area (Å²) in [7, 11) is 1.63. The molecule has 1 unspecified atom stereocenters. The van der Waals surface area contributed by atoms with Gasteiger partial charge in [-0.05, 0) is 51.3 Å². The molecule has 2 aromatic rings. The smallest absolute Gasteiger partial charge is 0.224 e. The van der Waals surface area contributed by atoms with Crippen LogP contribution in [0.4, 0.5) is 5.69 Å². The highest BCUT2D eigenvalue weighted by atomic mass is 32.2. The molecule has 0 saturated carbocycles. The van der Waals surface area contributed by atoms with E-state index >= 15 is 0 Å². The topological polar surface area (TPSA) is 60.5 Å². The number of aromatic nitrogens is 1. The lowest BCUT2D eigenvalue weighted by atomic mass is 10.1. The summed E-state index contributed by atoms with van der Waals surface area (Å²) in [4.78, 5) is 16.9. The van der Waals surface area contributed by atoms with Crippen molar-refractivity contribution in [2.45, 2.75) is 70.3 Å². The minimum Gasteiger partial charge on any atom is -0.497 e. The fraction of sp³-hybridized carbons (Fsp3) is 0.565. The molecule has 0 spiro atoms. The summed E-state index contributed by atoms with van der Waals surface area (Å²) in [6.07, 6.45) is 7.22. The Morgan fingerprint density at radius 3 is 2.90 bits per heavy atom. The van der Waals surface area contributed by atoms with Crippen LogP contribution in [0, 0.1) is 6.92 Å². The number of carbonyl (C=O) groups is 1. The highest BCUT2D eigenvalue weighted by Gasteiger charge is 2.25. The van der Waals surface area contributed by atoms with E-state index in [0.717, 1.165) is 53.7 Å². The molecule has 6 heteroatoms. The van der Waals surface area contributed by atoms with Crippen molar-refractivity contribution in [3.63, 3.8) is 0 Å². The first-order chi connectivity index (χ1) is 14.0. The van der Waals surface area contributed by atoms with Crippen LogP contribution in [-0.2, 0) is 9.53 Å². The van der Waals surface area contributed by atoms with Gasteiger partial charge in [0, 0.05) is 35.1 Å². The number of aryl methyl sites for hydroxylation is 1. The average Bonchev–Trinajstić information content (AvgIpc) is 2.69. The molecule has 5 nitrogen and oxygen atoms in total. The van der Waals surface area contributed by atoms with Crippen LogP contribution in [-0.4, -0.2) is 41.2 Å². The monoisotopic (exact) mass is 416 g/mol. The standard InChI is InChI=1S/C23H32N2O3S/c1-15-10-11-24-23-19(15)12-18(27-4)13-20(23)25-22(26)9-7-5-6-8-21-17(3)28-16(2)14-29-21/h10-13,16-17,21H,5-9,14H2,1-4H3,(H,25,26)/t16?,17-,21-/m1/s1. The second-order valence-corrected chi connectivity index (χ2v) is 9.14. The Morgan fingerprint density at radius 1 is 1.31 bits per heavy atom. The number of methoxy groups -OCH3 is 1. The first-order valence-electron chi connectivity index (χ1n) is 10.5. The van der Waals surface area contributed by atoms with Gasteiger partial charge in [0.1, 0.15) is 5.75 Å². The van der Waals surface area contributed by atoms with E-state index in [-0.39, 0.29) is 5.91 Å². The number of hydrogen-bond acceptors (Lipinski definition) is 5. The Bertz CT molecular complexity index is 842. The zero-order valence-electron chi connectivity index (χ0n) is 17.9. The number of amides is 1. The van der Waals surface area contributed by atoms with Crippen LogP contribution in [0.3, 0.4) is 0 Å². The van der Waals surface area contributed by atoms with Gasteiger partial charge in [-0.15, -0.1) is 0 Å². The molecule has 1 fully saturated rings. The van der Waals surface area contributed by atoms with Crippen molar-refractivity contribution in [2.75, 3.05) is 18.2 Å². The highest BCUT2D eigenvalue weighted by Crippen LogP contribution is 2.31. The van der Waals surface area contributed by atoms with Crippen LogP contribution < -0.4 is 10.1 Å². The van der Waals surface area contributed by atoms with Crippen LogP contribution in [0.15, 0.2) is 24.4 Å². The van der Waals surface area contributed by atoms with Crippen molar-refractivity contribution in [3.8, 4) is 5.75 Å². The minimum absolute atomic E-state index is 0.0282. The Kier molecular flexibility index (Phi) is 7.78. The molecular weight excluding hydrogens is 384 g/mol. The lowest BCUT2D eigenvalue weighted by molar-refractivity contribution is -0.116. The molecule has 1 aromatic carbocycles. The first kappa shape index (κ1) is 21.9. The lowest BCUT2D eigenvalue weighted by Crippen LogP contribution is -2.34. The number of ether oxygens (including phenoxy) is 2. The molecule has 1 aliphatic heterocycles. The Balaban J connectivity index is 1.48. The van der Waals surface area contributed by atoms with E-state index < -0.39 is 0 Å². The van der Waals surface area contributed by atoms with Crippen LogP contribution in [0.1, 0.15) is 51.5 Å². The summed E-state index contributed by atoms with van der Waals surface area (Å²) in [5.74, 6) is 1.83. The number of anilines is 1. The van der Waals surface area contributed by atoms with Gasteiger partial charge in [-0.3, -0.25) is 9.78 Å². The van der Waals surface area contributed by atoms with Crippen molar-refractivity contribution in [2.24, 2.45) is 0 Å². The molecule has 0 bridgehead atoms. The third-order valence-corrected chi connectivity index (χ3v) is 7.16. The normalized spacial score (nSPS) is 21.9. The molecule has 158 valence electrons. The van der Waals surface area contributed by atoms with E-state index in [1.54, 1.807) is 13.3 Å². The predicted octanol–water partition coefficient (Wildman–Crippen LogP) is 5.35. The van der Waals surface area contributed by atoms with Crippen molar-refractivity contribution in [1.29, 1.82) is 0 Å². The number of carbonyl (C=O) groups excluding carboxylic acids is 1. The van der Waals surface area contributed by atoms with Gasteiger partial charge >= 0.3 is 0 Å². The van der Waals surface area contributed by atoms with Gasteiger partial charge in [0.2, 0.25) is 5.91 Å². The third-order valence-electron chi connectivity index (χ3n) is 5.45. The summed E-state index contributed by atoms with van der Waals surface area (Å²) in [5.41, 5.74) is 2.63. The number of nitrogens with zero attached hydrogens (tertiary/aromatic N) is 1. The number of pyridine rings is 1. The SMILES string of the molecule is COc1cc(NC(=O)CCCCC[C@H]2SCC(C)O[C@@H]2C)c2nccc(C)c2c1. The number of benzene rings is 1. The van der Waals surface area contributed by atoms with Gasteiger partial charge < -0.3 is 14.8 Å². The number of hydrogen-bond donors (Lipinski definition) is 1. The van der Waals surface area contributed by atoms with Crippen molar-refractivity contribution in [1.82, 2.24) is 4.98 Å². The van der Waals surface area contributed by atoms with E-state index in [9.17, 15) is 4.79 Å². The molecule has 3 atom stereocenters. The average molecular weight is 417 g/mol. The van der Waals surface area contributed by atoms with Crippen LogP contribution in [0.25, 0.3) is 10.9 Å². The largest absolute Gasteiger partial charge is 0.497 e. The fourth-order valence-corrected chi connectivity index (χ4v) is 5.07. The summed E-state index contributed by atoms with van der Waals surface area (Å²) in [5, 5.41) is 4.61. The van der Waals surface area contributed by atoms with Crippen LogP contribution in [0.2, 0.25) is 0 Å². The molecule has 29 heavy (non-hydrogen) atoms. The molecule has 1 N–H and O–H groups in total. The molecule has 1 saturated heterocycles. The van der Waals surface area contributed by atoms with E-state index in [0.29, 0.717) is 29.6 Å². The van der Waals surface area contributed by atoms with Crippen molar-refractivity contribution in [3.05, 3.63) is 30.0 Å². The maximum absolute atomic E-state index is 12.5. The van der Waals surface area contributed by atoms with Crippen molar-refractivity contribution < 1.29 is 14.3 Å². The number of thioether (sulfide) groups is 1. The van der Waals surface area contributed by atoms with E-state index in [1.165, 1.54) is 0 Å². The molecular formula is C23H32N2O3S. The maximum atomic E-state index is 12.5. The number of rotatable bonds is 8. The Labute approximate surface area is 177 Å². The highest BCUT2D eigenvalue weighted by molar-refractivity contribution is 8.00. The summed E-state index contributed by atoms with van der Waals surface area (Å²) >= 11 is 2.03. The molecule has 2 heterocycles. The number of unbranched alkanes of at least 4 members (excludes halogenated alkanes) is 2. The van der Waals surface area contributed by atoms with Gasteiger partial charge in [-0.2, -0.15) is 11.8 Å². The summed E-state index contributed by atoms with van der Waals surface area (Å²) in [6.45, 7) is 6.35. The number of fused-ring (bicyclic) bond motifs is 1. The van der Waals surface area contributed by atoms with E-state index in [2.05, 4.69) is 24.1 Å². The predicted molar refractivity (Wildman–Crippen MR) is 121 cm³/mol. The van der Waals surface area contributed by atoms with E-state index in [4.69, 9.17) is 9.47 Å². The van der Waals surface area contributed by atoms with Gasteiger partial charge in [0.25, 0.3) is 0 Å². The second kappa shape index (κ2) is 10.3. The van der Waals surface area contributed by atoms with Gasteiger partial charge in [0.05, 0.1) is 30.5 Å². The zero-order valence-corrected chi connectivity index (χ0v) is 18.7. The quantitative estimate of drug-likeness (QED) is 0.588.